The van der Waals surface area contributed by atoms with Crippen molar-refractivity contribution in [1.82, 2.24) is 16.0 Å². The van der Waals surface area contributed by atoms with E-state index in [2.05, 4.69) is 26.3 Å². The summed E-state index contributed by atoms with van der Waals surface area (Å²) in [5.41, 5.74) is 2.59. The first-order chi connectivity index (χ1) is 14.0. The van der Waals surface area contributed by atoms with E-state index in [1.807, 2.05) is 18.2 Å². The van der Waals surface area contributed by atoms with Crippen LogP contribution in [0.15, 0.2) is 53.5 Å². The van der Waals surface area contributed by atoms with Crippen LogP contribution < -0.4 is 21.3 Å². The lowest BCUT2D eigenvalue weighted by molar-refractivity contribution is -0.384. The van der Waals surface area contributed by atoms with E-state index in [1.165, 1.54) is 12.1 Å². The van der Waals surface area contributed by atoms with E-state index in [9.17, 15) is 14.9 Å². The van der Waals surface area contributed by atoms with Gasteiger partial charge in [-0.15, -0.1) is 24.0 Å². The molecule has 0 saturated heterocycles. The molecule has 0 radical (unpaired) electrons. The van der Waals surface area contributed by atoms with Gasteiger partial charge in [0.15, 0.2) is 5.96 Å². The second kappa shape index (κ2) is 13.4. The lowest BCUT2D eigenvalue weighted by Crippen LogP contribution is -2.40. The summed E-state index contributed by atoms with van der Waals surface area (Å²) in [5.74, 6) is 0.579. The number of halogens is 1. The number of aliphatic imine (C=N–C) groups is 1. The van der Waals surface area contributed by atoms with Crippen molar-refractivity contribution >= 4 is 47.2 Å². The number of rotatable bonds is 9. The highest BCUT2D eigenvalue weighted by atomic mass is 127. The lowest BCUT2D eigenvalue weighted by atomic mass is 10.1. The maximum atomic E-state index is 11.7. The third kappa shape index (κ3) is 8.23. The van der Waals surface area contributed by atoms with Gasteiger partial charge in [-0.1, -0.05) is 12.1 Å². The van der Waals surface area contributed by atoms with Crippen LogP contribution in [0.3, 0.4) is 0 Å². The number of amides is 1. The van der Waals surface area contributed by atoms with E-state index in [1.54, 1.807) is 32.3 Å². The van der Waals surface area contributed by atoms with Gasteiger partial charge in [-0.2, -0.15) is 0 Å². The summed E-state index contributed by atoms with van der Waals surface area (Å²) in [6, 6.07) is 13.8. The van der Waals surface area contributed by atoms with Gasteiger partial charge in [-0.05, 0) is 36.2 Å². The van der Waals surface area contributed by atoms with Crippen molar-refractivity contribution in [2.75, 3.05) is 39.0 Å². The van der Waals surface area contributed by atoms with E-state index in [0.717, 1.165) is 17.7 Å². The molecule has 2 aromatic carbocycles. The molecule has 0 aliphatic carbocycles. The van der Waals surface area contributed by atoms with Crippen molar-refractivity contribution in [3.05, 3.63) is 69.8 Å². The second-order valence-electron chi connectivity index (χ2n) is 6.19. The van der Waals surface area contributed by atoms with Gasteiger partial charge in [0.2, 0.25) is 0 Å². The number of guanidine groups is 1. The van der Waals surface area contributed by atoms with Crippen LogP contribution in [-0.2, 0) is 6.42 Å². The highest BCUT2D eigenvalue weighted by Crippen LogP contribution is 2.14. The Morgan fingerprint density at radius 2 is 1.77 bits per heavy atom. The van der Waals surface area contributed by atoms with Gasteiger partial charge in [0.25, 0.3) is 11.6 Å². The highest BCUT2D eigenvalue weighted by molar-refractivity contribution is 14.0. The van der Waals surface area contributed by atoms with Crippen LogP contribution in [-0.4, -0.2) is 50.5 Å². The molecule has 4 N–H and O–H groups in total. The topological polar surface area (TPSA) is 121 Å². The van der Waals surface area contributed by atoms with Gasteiger partial charge >= 0.3 is 0 Å². The van der Waals surface area contributed by atoms with E-state index < -0.39 is 4.92 Å². The number of non-ortho nitro benzene ring substituents is 1. The Balaban J connectivity index is 0.00000450. The first-order valence-corrected chi connectivity index (χ1v) is 9.27. The van der Waals surface area contributed by atoms with Gasteiger partial charge in [-0.3, -0.25) is 19.9 Å². The van der Waals surface area contributed by atoms with Crippen LogP contribution in [0.4, 0.5) is 11.4 Å². The van der Waals surface area contributed by atoms with Crippen molar-refractivity contribution in [3.8, 4) is 0 Å². The van der Waals surface area contributed by atoms with Crippen molar-refractivity contribution in [3.63, 3.8) is 0 Å². The third-order valence-corrected chi connectivity index (χ3v) is 4.17. The van der Waals surface area contributed by atoms with Crippen molar-refractivity contribution in [1.29, 1.82) is 0 Å². The SMILES string of the molecule is CN=C(NCCNc1ccc([N+](=O)[O-])cc1)NCCc1cccc(C(=O)NC)c1.I. The molecule has 1 amide bonds. The average Bonchev–Trinajstić information content (AvgIpc) is 2.75. The van der Waals surface area contributed by atoms with Crippen LogP contribution in [0.25, 0.3) is 0 Å². The Hall–Kier alpha value is -2.89. The van der Waals surface area contributed by atoms with E-state index in [-0.39, 0.29) is 35.6 Å². The van der Waals surface area contributed by atoms with Crippen LogP contribution in [0.2, 0.25) is 0 Å². The Bertz CT molecular complexity index is 858. The van der Waals surface area contributed by atoms with E-state index in [4.69, 9.17) is 0 Å². The smallest absolute Gasteiger partial charge is 0.269 e. The third-order valence-electron chi connectivity index (χ3n) is 4.17. The van der Waals surface area contributed by atoms with Crippen LogP contribution in [0.5, 0.6) is 0 Å². The Kier molecular flexibility index (Phi) is 11.2. The van der Waals surface area contributed by atoms with Gasteiger partial charge < -0.3 is 21.3 Å². The summed E-state index contributed by atoms with van der Waals surface area (Å²) in [6.45, 7) is 1.93. The standard InChI is InChI=1S/C20H26N6O3.HI/c1-21-19(27)16-5-3-4-15(14-16)10-11-24-20(22-2)25-13-12-23-17-6-8-18(9-7-17)26(28)29;/h3-9,14,23H,10-13H2,1-2H3,(H,21,27)(H2,22,24,25);1H. The molecule has 0 atom stereocenters. The minimum absolute atomic E-state index is 0. The molecule has 0 spiro atoms. The first kappa shape index (κ1) is 25.1. The Morgan fingerprint density at radius 1 is 1.07 bits per heavy atom. The summed E-state index contributed by atoms with van der Waals surface area (Å²) in [4.78, 5) is 26.1. The molecule has 162 valence electrons. The van der Waals surface area contributed by atoms with Crippen molar-refractivity contribution < 1.29 is 9.72 Å². The maximum absolute atomic E-state index is 11.7. The fraction of sp³-hybridized carbons (Fsp3) is 0.300. The Labute approximate surface area is 192 Å². The molecule has 0 fully saturated rings. The predicted molar refractivity (Wildman–Crippen MR) is 130 cm³/mol. The van der Waals surface area contributed by atoms with Gasteiger partial charge in [-0.25, -0.2) is 0 Å². The zero-order valence-corrected chi connectivity index (χ0v) is 19.3. The minimum atomic E-state index is -0.421. The molecule has 0 saturated carbocycles. The fourth-order valence-corrected chi connectivity index (χ4v) is 2.65. The quantitative estimate of drug-likeness (QED) is 0.0995. The molecule has 0 aliphatic heterocycles. The average molecular weight is 526 g/mol. The number of nitro benzene ring substituents is 1. The molecular formula is C20H27IN6O3. The molecule has 2 aromatic rings. The Morgan fingerprint density at radius 3 is 2.40 bits per heavy atom. The predicted octanol–water partition coefficient (Wildman–Crippen LogP) is 2.39. The van der Waals surface area contributed by atoms with Crippen LogP contribution in [0, 0.1) is 10.1 Å². The normalized spacial score (nSPS) is 10.5. The summed E-state index contributed by atoms with van der Waals surface area (Å²) in [7, 11) is 3.31. The van der Waals surface area contributed by atoms with Crippen LogP contribution in [0.1, 0.15) is 15.9 Å². The molecule has 0 aromatic heterocycles. The van der Waals surface area contributed by atoms with Crippen molar-refractivity contribution in [2.45, 2.75) is 6.42 Å². The van der Waals surface area contributed by atoms with E-state index in [0.29, 0.717) is 31.2 Å². The number of nitrogens with zero attached hydrogens (tertiary/aromatic N) is 2. The summed E-state index contributed by atoms with van der Waals surface area (Å²) in [5, 5.41) is 22.9. The number of hydrogen-bond acceptors (Lipinski definition) is 5. The number of carbonyl (C=O) groups excluding carboxylic acids is 1. The van der Waals surface area contributed by atoms with Gasteiger partial charge in [0.1, 0.15) is 0 Å². The maximum Gasteiger partial charge on any atom is 0.269 e. The molecule has 2 rings (SSSR count). The number of benzene rings is 2. The van der Waals surface area contributed by atoms with Gasteiger partial charge in [0.05, 0.1) is 4.92 Å². The number of nitro groups is 1. The zero-order valence-electron chi connectivity index (χ0n) is 17.0. The first-order valence-electron chi connectivity index (χ1n) is 9.27. The molecule has 0 heterocycles. The molecular weight excluding hydrogens is 499 g/mol. The number of anilines is 1. The molecule has 0 bridgehead atoms. The van der Waals surface area contributed by atoms with E-state index >= 15 is 0 Å². The van der Waals surface area contributed by atoms with Gasteiger partial charge in [0, 0.05) is 57.1 Å². The second-order valence-corrected chi connectivity index (χ2v) is 6.19. The highest BCUT2D eigenvalue weighted by Gasteiger charge is 2.05. The molecule has 10 heteroatoms. The zero-order chi connectivity index (χ0) is 21.1. The summed E-state index contributed by atoms with van der Waals surface area (Å²) < 4.78 is 0. The lowest BCUT2D eigenvalue weighted by Gasteiger charge is -2.13. The summed E-state index contributed by atoms with van der Waals surface area (Å²) >= 11 is 0. The van der Waals surface area contributed by atoms with Crippen molar-refractivity contribution in [2.24, 2.45) is 4.99 Å². The molecule has 0 aliphatic rings. The fourth-order valence-electron chi connectivity index (χ4n) is 2.65. The summed E-state index contributed by atoms with van der Waals surface area (Å²) in [6.07, 6.45) is 0.757. The molecule has 0 unspecified atom stereocenters. The molecule has 9 nitrogen and oxygen atoms in total. The number of carbonyl (C=O) groups is 1. The largest absolute Gasteiger partial charge is 0.383 e. The monoisotopic (exact) mass is 526 g/mol. The van der Waals surface area contributed by atoms with Crippen LogP contribution >= 0.6 is 24.0 Å². The number of nitrogens with one attached hydrogen (secondary N) is 4. The minimum Gasteiger partial charge on any atom is -0.383 e. The number of hydrogen-bond donors (Lipinski definition) is 4. The molecule has 30 heavy (non-hydrogen) atoms.